The molecule has 0 saturated heterocycles. The highest BCUT2D eigenvalue weighted by Crippen LogP contribution is 2.25. The zero-order chi connectivity index (χ0) is 17.8. The summed E-state index contributed by atoms with van der Waals surface area (Å²) in [5.41, 5.74) is 1.40. The molecule has 0 amide bonds. The molecule has 0 atom stereocenters. The van der Waals surface area contributed by atoms with Gasteiger partial charge in [0.05, 0.1) is 22.9 Å². The third-order valence-electron chi connectivity index (χ3n) is 3.62. The molecule has 25 heavy (non-hydrogen) atoms. The Hall–Kier alpha value is -2.98. The van der Waals surface area contributed by atoms with Crippen LogP contribution in [0.4, 0.5) is 4.39 Å². The number of benzene rings is 2. The molecule has 1 heterocycles. The van der Waals surface area contributed by atoms with Crippen LogP contribution in [-0.2, 0) is 7.05 Å². The van der Waals surface area contributed by atoms with Crippen molar-refractivity contribution in [2.45, 2.75) is 5.16 Å². The van der Waals surface area contributed by atoms with E-state index in [0.717, 1.165) is 0 Å². The van der Waals surface area contributed by atoms with Gasteiger partial charge in [-0.25, -0.2) is 4.39 Å². The number of nitriles is 1. The summed E-state index contributed by atoms with van der Waals surface area (Å²) in [7, 11) is 1.73. The summed E-state index contributed by atoms with van der Waals surface area (Å²) in [5, 5.41) is 17.4. The average Bonchev–Trinajstić information content (AvgIpc) is 3.00. The van der Waals surface area contributed by atoms with E-state index in [1.165, 1.54) is 17.8 Å². The van der Waals surface area contributed by atoms with Crippen LogP contribution >= 0.6 is 11.8 Å². The summed E-state index contributed by atoms with van der Waals surface area (Å²) in [6, 6.07) is 14.8. The fourth-order valence-corrected chi connectivity index (χ4v) is 3.07. The number of carbonyl (C=O) groups excluding carboxylic acids is 1. The standard InChI is InChI=1S/C18H13FN4OS/c1-23-17(14-4-2-3-5-15(14)19)21-22-18(23)25-11-16(24)13-8-6-12(10-20)7-9-13/h2-9H,11H2,1H3. The van der Waals surface area contributed by atoms with Gasteiger partial charge in [-0.3, -0.25) is 4.79 Å². The summed E-state index contributed by atoms with van der Waals surface area (Å²) >= 11 is 1.23. The number of thioether (sulfide) groups is 1. The Labute approximate surface area is 148 Å². The van der Waals surface area contributed by atoms with E-state index >= 15 is 0 Å². The average molecular weight is 352 g/mol. The quantitative estimate of drug-likeness (QED) is 0.519. The first-order valence-corrected chi connectivity index (χ1v) is 8.39. The van der Waals surface area contributed by atoms with Crippen LogP contribution in [-0.4, -0.2) is 26.3 Å². The molecule has 1 aromatic heterocycles. The van der Waals surface area contributed by atoms with Crippen molar-refractivity contribution in [3.8, 4) is 17.5 Å². The van der Waals surface area contributed by atoms with Crippen LogP contribution in [0, 0.1) is 17.1 Å². The highest BCUT2D eigenvalue weighted by Gasteiger charge is 2.16. The first kappa shape index (κ1) is 16.9. The van der Waals surface area contributed by atoms with Gasteiger partial charge in [0.25, 0.3) is 0 Å². The van der Waals surface area contributed by atoms with Gasteiger partial charge in [0.2, 0.25) is 0 Å². The summed E-state index contributed by atoms with van der Waals surface area (Å²) < 4.78 is 15.6. The molecular formula is C18H13FN4OS. The third-order valence-corrected chi connectivity index (χ3v) is 4.64. The lowest BCUT2D eigenvalue weighted by Crippen LogP contribution is -2.04. The van der Waals surface area contributed by atoms with E-state index < -0.39 is 0 Å². The molecule has 0 saturated carbocycles. The molecule has 124 valence electrons. The number of Topliss-reactive ketones (excluding diaryl/α,β-unsaturated/α-hetero) is 1. The van der Waals surface area contributed by atoms with Crippen LogP contribution in [0.5, 0.6) is 0 Å². The van der Waals surface area contributed by atoms with Crippen molar-refractivity contribution >= 4 is 17.5 Å². The van der Waals surface area contributed by atoms with Gasteiger partial charge in [-0.2, -0.15) is 5.26 Å². The maximum atomic E-state index is 13.9. The largest absolute Gasteiger partial charge is 0.305 e. The second kappa shape index (κ2) is 7.28. The molecule has 0 N–H and O–H groups in total. The van der Waals surface area contributed by atoms with Gasteiger partial charge >= 0.3 is 0 Å². The molecule has 0 fully saturated rings. The van der Waals surface area contributed by atoms with Crippen molar-refractivity contribution in [3.63, 3.8) is 0 Å². The molecule has 0 unspecified atom stereocenters. The van der Waals surface area contributed by atoms with Gasteiger partial charge in [0.1, 0.15) is 5.82 Å². The first-order valence-electron chi connectivity index (χ1n) is 7.40. The number of rotatable bonds is 5. The molecule has 3 rings (SSSR count). The number of hydrogen-bond donors (Lipinski definition) is 0. The molecule has 7 heteroatoms. The van der Waals surface area contributed by atoms with Crippen LogP contribution in [0.3, 0.4) is 0 Å². The number of carbonyl (C=O) groups is 1. The third kappa shape index (κ3) is 3.59. The van der Waals surface area contributed by atoms with Crippen LogP contribution in [0.2, 0.25) is 0 Å². The topological polar surface area (TPSA) is 71.6 Å². The lowest BCUT2D eigenvalue weighted by atomic mass is 10.1. The summed E-state index contributed by atoms with van der Waals surface area (Å²) in [6.45, 7) is 0. The summed E-state index contributed by atoms with van der Waals surface area (Å²) in [4.78, 5) is 12.2. The molecule has 0 spiro atoms. The van der Waals surface area contributed by atoms with Gasteiger partial charge in [0.15, 0.2) is 16.8 Å². The molecule has 0 aliphatic heterocycles. The van der Waals surface area contributed by atoms with E-state index in [-0.39, 0.29) is 17.4 Å². The number of nitrogens with zero attached hydrogens (tertiary/aromatic N) is 4. The van der Waals surface area contributed by atoms with Crippen LogP contribution in [0.25, 0.3) is 11.4 Å². The maximum Gasteiger partial charge on any atom is 0.191 e. The van der Waals surface area contributed by atoms with Crippen molar-refractivity contribution < 1.29 is 9.18 Å². The summed E-state index contributed by atoms with van der Waals surface area (Å²) in [5.74, 6) is 0.134. The summed E-state index contributed by atoms with van der Waals surface area (Å²) in [6.07, 6.45) is 0. The van der Waals surface area contributed by atoms with E-state index in [0.29, 0.717) is 27.7 Å². The van der Waals surface area contributed by atoms with Gasteiger partial charge in [-0.05, 0) is 24.3 Å². The van der Waals surface area contributed by atoms with E-state index in [1.807, 2.05) is 6.07 Å². The van der Waals surface area contributed by atoms with Crippen molar-refractivity contribution in [1.82, 2.24) is 14.8 Å². The fraction of sp³-hybridized carbons (Fsp3) is 0.111. The van der Waals surface area contributed by atoms with Crippen molar-refractivity contribution in [2.24, 2.45) is 7.05 Å². The number of halogens is 1. The molecule has 3 aromatic rings. The van der Waals surface area contributed by atoms with Crippen LogP contribution in [0.15, 0.2) is 53.7 Å². The van der Waals surface area contributed by atoms with Crippen LogP contribution in [0.1, 0.15) is 15.9 Å². The van der Waals surface area contributed by atoms with Gasteiger partial charge < -0.3 is 4.57 Å². The Morgan fingerprint density at radius 1 is 1.20 bits per heavy atom. The Bertz CT molecular complexity index is 960. The Balaban J connectivity index is 1.73. The molecule has 0 aliphatic rings. The number of ketones is 1. The molecular weight excluding hydrogens is 339 g/mol. The van der Waals surface area contributed by atoms with E-state index in [2.05, 4.69) is 10.2 Å². The normalized spacial score (nSPS) is 10.4. The highest BCUT2D eigenvalue weighted by atomic mass is 32.2. The van der Waals surface area contributed by atoms with Crippen LogP contribution < -0.4 is 0 Å². The molecule has 0 bridgehead atoms. The minimum atomic E-state index is -0.372. The SMILES string of the molecule is Cn1c(SCC(=O)c2ccc(C#N)cc2)nnc1-c1ccccc1F. The molecule has 0 aliphatic carbocycles. The minimum absolute atomic E-state index is 0.0788. The van der Waals surface area contributed by atoms with Gasteiger partial charge in [0, 0.05) is 12.6 Å². The Morgan fingerprint density at radius 3 is 2.60 bits per heavy atom. The highest BCUT2D eigenvalue weighted by molar-refractivity contribution is 7.99. The van der Waals surface area contributed by atoms with Crippen molar-refractivity contribution in [2.75, 3.05) is 5.75 Å². The van der Waals surface area contributed by atoms with E-state index in [4.69, 9.17) is 5.26 Å². The van der Waals surface area contributed by atoms with Crippen molar-refractivity contribution in [3.05, 3.63) is 65.5 Å². The second-order valence-corrected chi connectivity index (χ2v) is 6.19. The smallest absolute Gasteiger partial charge is 0.191 e. The predicted octanol–water partition coefficient (Wildman–Crippen LogP) is 3.47. The lowest BCUT2D eigenvalue weighted by molar-refractivity contribution is 0.102. The Kier molecular flexibility index (Phi) is 4.91. The fourth-order valence-electron chi connectivity index (χ4n) is 2.26. The van der Waals surface area contributed by atoms with Gasteiger partial charge in [-0.15, -0.1) is 10.2 Å². The second-order valence-electron chi connectivity index (χ2n) is 5.25. The molecule has 2 aromatic carbocycles. The Morgan fingerprint density at radius 2 is 1.92 bits per heavy atom. The first-order chi connectivity index (χ1) is 12.1. The molecule has 5 nitrogen and oxygen atoms in total. The zero-order valence-electron chi connectivity index (χ0n) is 13.3. The van der Waals surface area contributed by atoms with E-state index in [1.54, 1.807) is 54.1 Å². The van der Waals surface area contributed by atoms with E-state index in [9.17, 15) is 9.18 Å². The molecule has 0 radical (unpaired) electrons. The predicted molar refractivity (Wildman–Crippen MR) is 92.6 cm³/mol. The number of aromatic nitrogens is 3. The maximum absolute atomic E-state index is 13.9. The van der Waals surface area contributed by atoms with Gasteiger partial charge in [-0.1, -0.05) is 36.0 Å². The number of hydrogen-bond acceptors (Lipinski definition) is 5. The lowest BCUT2D eigenvalue weighted by Gasteiger charge is -2.05. The monoisotopic (exact) mass is 352 g/mol. The van der Waals surface area contributed by atoms with Crippen molar-refractivity contribution in [1.29, 1.82) is 5.26 Å². The zero-order valence-corrected chi connectivity index (χ0v) is 14.1. The minimum Gasteiger partial charge on any atom is -0.305 e.